The minimum Gasteiger partial charge on any atom is -0.452 e. The van der Waals surface area contributed by atoms with Gasteiger partial charge in [-0.25, -0.2) is 0 Å². The van der Waals surface area contributed by atoms with Gasteiger partial charge in [0.25, 0.3) is 0 Å². The molecule has 0 amide bonds. The number of pyridine rings is 1. The fraction of sp³-hybridized carbons (Fsp3) is 0.200. The Morgan fingerprint density at radius 3 is 2.65 bits per heavy atom. The van der Waals surface area contributed by atoms with E-state index >= 15 is 0 Å². The molecule has 0 spiro atoms. The summed E-state index contributed by atoms with van der Waals surface area (Å²) >= 11 is 7.08. The van der Waals surface area contributed by atoms with Gasteiger partial charge in [0.2, 0.25) is 0 Å². The van der Waals surface area contributed by atoms with E-state index in [9.17, 15) is 0 Å². The number of hydrogen-bond donors (Lipinski definition) is 1. The van der Waals surface area contributed by atoms with Gasteiger partial charge in [0, 0.05) is 18.1 Å². The maximum Gasteiger partial charge on any atom is 0.170 e. The van der Waals surface area contributed by atoms with Gasteiger partial charge in [-0.05, 0) is 55.5 Å². The lowest BCUT2D eigenvalue weighted by atomic mass is 10.0. The van der Waals surface area contributed by atoms with Crippen molar-refractivity contribution in [2.24, 2.45) is 0 Å². The van der Waals surface area contributed by atoms with E-state index in [4.69, 9.17) is 16.6 Å². The van der Waals surface area contributed by atoms with E-state index in [2.05, 4.69) is 41.5 Å². The van der Waals surface area contributed by atoms with E-state index in [1.165, 1.54) is 5.56 Å². The van der Waals surface area contributed by atoms with Crippen LogP contribution in [-0.4, -0.2) is 22.0 Å². The van der Waals surface area contributed by atoms with E-state index in [-0.39, 0.29) is 12.1 Å². The molecule has 0 bridgehead atoms. The van der Waals surface area contributed by atoms with Crippen molar-refractivity contribution < 1.29 is 4.42 Å². The summed E-state index contributed by atoms with van der Waals surface area (Å²) in [5.41, 5.74) is 2.20. The van der Waals surface area contributed by atoms with Gasteiger partial charge in [-0.1, -0.05) is 35.5 Å². The Bertz CT molecular complexity index is 908. The molecule has 1 aromatic carbocycles. The van der Waals surface area contributed by atoms with Crippen LogP contribution in [0.15, 0.2) is 75.2 Å². The molecule has 0 saturated carbocycles. The molecular formula is C20H19N3OS2. The molecule has 4 nitrogen and oxygen atoms in total. The molecule has 2 atom stereocenters. The SMILES string of the molecule is Cc1ccc(Sc2ccc([C@H]3[C@@H](c4ccccn4)NC(=S)N3C)o2)cc1. The number of benzene rings is 1. The maximum atomic E-state index is 6.17. The molecule has 2 aromatic heterocycles. The van der Waals surface area contributed by atoms with Crippen LogP contribution >= 0.6 is 24.0 Å². The van der Waals surface area contributed by atoms with E-state index in [0.717, 1.165) is 21.4 Å². The summed E-state index contributed by atoms with van der Waals surface area (Å²) in [6.07, 6.45) is 1.80. The molecule has 6 heteroatoms. The van der Waals surface area contributed by atoms with Crippen molar-refractivity contribution in [3.63, 3.8) is 0 Å². The first-order valence-electron chi connectivity index (χ1n) is 8.40. The van der Waals surface area contributed by atoms with Crippen molar-refractivity contribution in [1.29, 1.82) is 0 Å². The minimum absolute atomic E-state index is 0.0234. The molecule has 1 saturated heterocycles. The van der Waals surface area contributed by atoms with Crippen molar-refractivity contribution in [2.45, 2.75) is 29.0 Å². The lowest BCUT2D eigenvalue weighted by Crippen LogP contribution is -2.24. The molecule has 1 N–H and O–H groups in total. The standard InChI is InChI=1S/C20H19N3OS2/c1-13-6-8-14(9-7-13)26-17-11-10-16(24-17)19-18(22-20(25)23(19)2)15-5-3-4-12-21-15/h3-12,18-19H,1-2H3,(H,22,25)/t18-,19+/m1/s1. The zero-order chi connectivity index (χ0) is 18.1. The predicted molar refractivity (Wildman–Crippen MR) is 107 cm³/mol. The lowest BCUT2D eigenvalue weighted by molar-refractivity contribution is 0.289. The average molecular weight is 382 g/mol. The van der Waals surface area contributed by atoms with Gasteiger partial charge in [-0.2, -0.15) is 0 Å². The number of furan rings is 1. The zero-order valence-electron chi connectivity index (χ0n) is 14.5. The van der Waals surface area contributed by atoms with Crippen LogP contribution in [0.4, 0.5) is 0 Å². The number of nitrogens with zero attached hydrogens (tertiary/aromatic N) is 2. The van der Waals surface area contributed by atoms with Crippen LogP contribution in [0.2, 0.25) is 0 Å². The number of thiocarbonyl (C=S) groups is 1. The molecule has 1 aliphatic heterocycles. The highest BCUT2D eigenvalue weighted by molar-refractivity contribution is 7.99. The smallest absolute Gasteiger partial charge is 0.170 e. The Balaban J connectivity index is 1.60. The molecular weight excluding hydrogens is 362 g/mol. The van der Waals surface area contributed by atoms with Crippen LogP contribution in [-0.2, 0) is 0 Å². The number of aromatic nitrogens is 1. The first kappa shape index (κ1) is 17.1. The van der Waals surface area contributed by atoms with Crippen molar-refractivity contribution >= 4 is 29.1 Å². The Labute approximate surface area is 162 Å². The molecule has 0 unspecified atom stereocenters. The molecule has 26 heavy (non-hydrogen) atoms. The summed E-state index contributed by atoms with van der Waals surface area (Å²) in [7, 11) is 1.98. The second kappa shape index (κ2) is 7.13. The van der Waals surface area contributed by atoms with E-state index in [1.807, 2.05) is 42.3 Å². The van der Waals surface area contributed by atoms with Crippen molar-refractivity contribution in [3.05, 3.63) is 77.8 Å². The highest BCUT2D eigenvalue weighted by Gasteiger charge is 2.39. The maximum absolute atomic E-state index is 6.17. The Morgan fingerprint density at radius 1 is 1.12 bits per heavy atom. The monoisotopic (exact) mass is 381 g/mol. The van der Waals surface area contributed by atoms with Gasteiger partial charge in [0.05, 0.1) is 11.7 Å². The molecule has 4 rings (SSSR count). The highest BCUT2D eigenvalue weighted by atomic mass is 32.2. The van der Waals surface area contributed by atoms with Gasteiger partial charge in [0.15, 0.2) is 10.2 Å². The van der Waals surface area contributed by atoms with Gasteiger partial charge in [0.1, 0.15) is 11.8 Å². The van der Waals surface area contributed by atoms with Gasteiger partial charge in [-0.3, -0.25) is 4.98 Å². The topological polar surface area (TPSA) is 41.3 Å². The summed E-state index contributed by atoms with van der Waals surface area (Å²) in [5, 5.41) is 4.94. The molecule has 3 aromatic rings. The predicted octanol–water partition coefficient (Wildman–Crippen LogP) is 4.74. The van der Waals surface area contributed by atoms with Crippen LogP contribution in [0.25, 0.3) is 0 Å². The van der Waals surface area contributed by atoms with Crippen LogP contribution in [0.3, 0.4) is 0 Å². The summed E-state index contributed by atoms with van der Waals surface area (Å²) in [5.74, 6) is 0.880. The number of likely N-dealkylation sites (N-methyl/N-ethyl adjacent to an activating group) is 1. The molecule has 3 heterocycles. The van der Waals surface area contributed by atoms with Crippen LogP contribution in [0.5, 0.6) is 0 Å². The second-order valence-corrected chi connectivity index (χ2v) is 7.77. The third kappa shape index (κ3) is 3.34. The quantitative estimate of drug-likeness (QED) is 0.659. The van der Waals surface area contributed by atoms with Crippen molar-refractivity contribution in [3.8, 4) is 0 Å². The lowest BCUT2D eigenvalue weighted by Gasteiger charge is -2.21. The fourth-order valence-electron chi connectivity index (χ4n) is 3.09. The Kier molecular flexibility index (Phi) is 4.70. The van der Waals surface area contributed by atoms with Crippen LogP contribution in [0.1, 0.15) is 29.1 Å². The van der Waals surface area contributed by atoms with Crippen molar-refractivity contribution in [2.75, 3.05) is 7.05 Å². The fourth-order valence-corrected chi connectivity index (χ4v) is 4.10. The Morgan fingerprint density at radius 2 is 1.92 bits per heavy atom. The normalized spacial score (nSPS) is 19.6. The van der Waals surface area contributed by atoms with Gasteiger partial charge in [-0.15, -0.1) is 0 Å². The zero-order valence-corrected chi connectivity index (χ0v) is 16.2. The first-order chi connectivity index (χ1) is 12.6. The summed E-state index contributed by atoms with van der Waals surface area (Å²) in [6, 6.07) is 18.3. The third-order valence-electron chi connectivity index (χ3n) is 4.47. The molecule has 1 aliphatic rings. The summed E-state index contributed by atoms with van der Waals surface area (Å²) in [6.45, 7) is 2.09. The molecule has 0 radical (unpaired) electrons. The van der Waals surface area contributed by atoms with E-state index < -0.39 is 0 Å². The molecule has 1 fully saturated rings. The van der Waals surface area contributed by atoms with Crippen LogP contribution in [0, 0.1) is 6.92 Å². The number of rotatable bonds is 4. The number of hydrogen-bond acceptors (Lipinski definition) is 4. The number of aryl methyl sites for hydroxylation is 1. The average Bonchev–Trinajstić information content (AvgIpc) is 3.22. The first-order valence-corrected chi connectivity index (χ1v) is 9.63. The Hall–Kier alpha value is -2.31. The van der Waals surface area contributed by atoms with Gasteiger partial charge >= 0.3 is 0 Å². The third-order valence-corrected chi connectivity index (χ3v) is 5.81. The highest BCUT2D eigenvalue weighted by Crippen LogP contribution is 2.40. The summed E-state index contributed by atoms with van der Waals surface area (Å²) < 4.78 is 6.17. The van der Waals surface area contributed by atoms with Gasteiger partial charge < -0.3 is 14.6 Å². The minimum atomic E-state index is -0.0305. The summed E-state index contributed by atoms with van der Waals surface area (Å²) in [4.78, 5) is 7.69. The van der Waals surface area contributed by atoms with Crippen LogP contribution < -0.4 is 5.32 Å². The largest absolute Gasteiger partial charge is 0.452 e. The van der Waals surface area contributed by atoms with Crippen molar-refractivity contribution in [1.82, 2.24) is 15.2 Å². The second-order valence-electron chi connectivity index (χ2n) is 6.31. The number of nitrogens with one attached hydrogen (secondary N) is 1. The van der Waals surface area contributed by atoms with E-state index in [0.29, 0.717) is 5.11 Å². The molecule has 132 valence electrons. The molecule has 0 aliphatic carbocycles. The van der Waals surface area contributed by atoms with E-state index in [1.54, 1.807) is 18.0 Å².